The minimum atomic E-state index is -0.0170. The molecule has 78 valence electrons. The Morgan fingerprint density at radius 2 is 2.50 bits per heavy atom. The molecule has 0 bridgehead atoms. The summed E-state index contributed by atoms with van der Waals surface area (Å²) in [5, 5.41) is 8.92. The van der Waals surface area contributed by atoms with Gasteiger partial charge in [-0.25, -0.2) is 4.99 Å². The smallest absolute Gasteiger partial charge is 0.131 e. The van der Waals surface area contributed by atoms with Gasteiger partial charge in [0.05, 0.1) is 12.7 Å². The van der Waals surface area contributed by atoms with Crippen LogP contribution in [0.5, 0.6) is 0 Å². The summed E-state index contributed by atoms with van der Waals surface area (Å²) in [4.78, 5) is 6.09. The molecule has 1 fully saturated rings. The molecule has 3 N–H and O–H groups in total. The van der Waals surface area contributed by atoms with Gasteiger partial charge < -0.3 is 20.5 Å². The predicted molar refractivity (Wildman–Crippen MR) is 52.4 cm³/mol. The summed E-state index contributed by atoms with van der Waals surface area (Å²) in [6.07, 6.45) is 5.53. The molecule has 0 radical (unpaired) electrons. The zero-order valence-electron chi connectivity index (χ0n) is 7.97. The van der Waals surface area contributed by atoms with Crippen molar-refractivity contribution in [2.24, 2.45) is 10.7 Å². The van der Waals surface area contributed by atoms with Crippen LogP contribution in [0.25, 0.3) is 0 Å². The number of aliphatic imine (C=N–C) groups is 1. The maximum atomic E-state index is 8.92. The molecule has 0 saturated carbocycles. The molecule has 2 aliphatic heterocycles. The number of amidine groups is 1. The van der Waals surface area contributed by atoms with Crippen molar-refractivity contribution in [3.63, 3.8) is 0 Å². The first-order valence-electron chi connectivity index (χ1n) is 4.80. The number of nitrogens with two attached hydrogens (primary N) is 1. The van der Waals surface area contributed by atoms with Crippen LogP contribution < -0.4 is 5.73 Å². The third-order valence-corrected chi connectivity index (χ3v) is 2.51. The third-order valence-electron chi connectivity index (χ3n) is 2.51. The van der Waals surface area contributed by atoms with Crippen molar-refractivity contribution >= 4 is 5.84 Å². The van der Waals surface area contributed by atoms with Crippen LogP contribution in [0.3, 0.4) is 0 Å². The zero-order valence-corrected chi connectivity index (χ0v) is 7.97. The third kappa shape index (κ3) is 1.88. The fraction of sp³-hybridized carbons (Fsp3) is 0.667. The van der Waals surface area contributed by atoms with Crippen molar-refractivity contribution < 1.29 is 9.84 Å². The van der Waals surface area contributed by atoms with E-state index < -0.39 is 0 Å². The molecule has 1 saturated heterocycles. The summed E-state index contributed by atoms with van der Waals surface area (Å²) in [7, 11) is 0. The fourth-order valence-corrected chi connectivity index (χ4v) is 1.69. The Morgan fingerprint density at radius 3 is 3.07 bits per heavy atom. The van der Waals surface area contributed by atoms with Crippen molar-refractivity contribution in [3.8, 4) is 0 Å². The van der Waals surface area contributed by atoms with Crippen LogP contribution in [0.2, 0.25) is 0 Å². The van der Waals surface area contributed by atoms with E-state index in [1.54, 1.807) is 6.08 Å². The highest BCUT2D eigenvalue weighted by molar-refractivity contribution is 5.91. The van der Waals surface area contributed by atoms with E-state index in [1.807, 2.05) is 11.1 Å². The van der Waals surface area contributed by atoms with Crippen LogP contribution in [0.1, 0.15) is 12.8 Å². The normalized spacial score (nSPS) is 32.1. The number of ether oxygens (including phenoxy) is 1. The van der Waals surface area contributed by atoms with Gasteiger partial charge in [-0.05, 0) is 18.9 Å². The molecule has 0 aliphatic carbocycles. The van der Waals surface area contributed by atoms with Crippen LogP contribution in [0.15, 0.2) is 17.3 Å². The summed E-state index contributed by atoms with van der Waals surface area (Å²) in [6.45, 7) is 0.643. The maximum Gasteiger partial charge on any atom is 0.131 e. The molecule has 2 atom stereocenters. The minimum absolute atomic E-state index is 0.0170. The highest BCUT2D eigenvalue weighted by Gasteiger charge is 2.28. The van der Waals surface area contributed by atoms with Crippen LogP contribution in [-0.2, 0) is 4.74 Å². The Hall–Kier alpha value is -1.07. The van der Waals surface area contributed by atoms with E-state index in [9.17, 15) is 0 Å². The topological polar surface area (TPSA) is 71.1 Å². The Morgan fingerprint density at radius 1 is 1.64 bits per heavy atom. The molecule has 0 spiro atoms. The number of hydrogen-bond acceptors (Lipinski definition) is 5. The lowest BCUT2D eigenvalue weighted by molar-refractivity contribution is -0.0495. The van der Waals surface area contributed by atoms with E-state index in [0.717, 1.165) is 12.8 Å². The van der Waals surface area contributed by atoms with Crippen molar-refractivity contribution in [1.82, 2.24) is 4.90 Å². The average Bonchev–Trinajstić information content (AvgIpc) is 2.67. The van der Waals surface area contributed by atoms with Crippen LogP contribution in [0.4, 0.5) is 0 Å². The van der Waals surface area contributed by atoms with Crippen molar-refractivity contribution in [2.75, 3.05) is 13.3 Å². The number of nitrogens with zero attached hydrogens (tertiary/aromatic N) is 2. The van der Waals surface area contributed by atoms with Gasteiger partial charge in [0.1, 0.15) is 18.7 Å². The van der Waals surface area contributed by atoms with Gasteiger partial charge in [0.25, 0.3) is 0 Å². The summed E-state index contributed by atoms with van der Waals surface area (Å²) >= 11 is 0. The fourth-order valence-electron chi connectivity index (χ4n) is 1.69. The second-order valence-corrected chi connectivity index (χ2v) is 3.53. The molecule has 5 heteroatoms. The number of aliphatic hydroxyl groups is 1. The summed E-state index contributed by atoms with van der Waals surface area (Å²) < 4.78 is 5.60. The van der Waals surface area contributed by atoms with Gasteiger partial charge in [0.15, 0.2) is 0 Å². The van der Waals surface area contributed by atoms with Gasteiger partial charge in [-0.1, -0.05) is 0 Å². The molecule has 0 amide bonds. The zero-order chi connectivity index (χ0) is 9.97. The second kappa shape index (κ2) is 3.98. The van der Waals surface area contributed by atoms with Gasteiger partial charge in [0.2, 0.25) is 0 Å². The van der Waals surface area contributed by atoms with E-state index in [2.05, 4.69) is 4.99 Å². The SMILES string of the molecule is NC1=NCN([C@H]2CC[C@@H](CO)O2)C=C1. The Kier molecular flexibility index (Phi) is 2.69. The lowest BCUT2D eigenvalue weighted by Gasteiger charge is -2.27. The standard InChI is InChI=1S/C9H15N3O2/c10-8-3-4-12(6-11-8)9-2-1-7(5-13)14-9/h3-4,7,9,13H,1-2,5-6H2,(H2,10,11)/t7-,9+/m0/s1. The molecular weight excluding hydrogens is 182 g/mol. The van der Waals surface area contributed by atoms with Crippen LogP contribution in [0, 0.1) is 0 Å². The lowest BCUT2D eigenvalue weighted by Crippen LogP contribution is -2.34. The van der Waals surface area contributed by atoms with Gasteiger partial charge in [-0.3, -0.25) is 0 Å². The number of rotatable bonds is 2. The Labute approximate surface area is 82.9 Å². The molecule has 0 aromatic rings. The molecule has 2 heterocycles. The molecule has 2 rings (SSSR count). The molecule has 2 aliphatic rings. The van der Waals surface area contributed by atoms with E-state index in [4.69, 9.17) is 15.6 Å². The summed E-state index contributed by atoms with van der Waals surface area (Å²) in [6, 6.07) is 0. The first-order valence-corrected chi connectivity index (χ1v) is 4.80. The highest BCUT2D eigenvalue weighted by Crippen LogP contribution is 2.23. The quantitative estimate of drug-likeness (QED) is 0.633. The van der Waals surface area contributed by atoms with Gasteiger partial charge in [-0.2, -0.15) is 0 Å². The van der Waals surface area contributed by atoms with E-state index in [-0.39, 0.29) is 18.9 Å². The predicted octanol–water partition coefficient (Wildman–Crippen LogP) is -0.372. The molecular formula is C9H15N3O2. The monoisotopic (exact) mass is 197 g/mol. The van der Waals surface area contributed by atoms with Crippen molar-refractivity contribution in [1.29, 1.82) is 0 Å². The number of hydrogen-bond donors (Lipinski definition) is 2. The van der Waals surface area contributed by atoms with E-state index in [1.165, 1.54) is 0 Å². The van der Waals surface area contributed by atoms with Crippen molar-refractivity contribution in [2.45, 2.75) is 25.2 Å². The molecule has 14 heavy (non-hydrogen) atoms. The average molecular weight is 197 g/mol. The van der Waals surface area contributed by atoms with Crippen LogP contribution >= 0.6 is 0 Å². The minimum Gasteiger partial charge on any atom is -0.394 e. The summed E-state index contributed by atoms with van der Waals surface area (Å²) in [5.74, 6) is 0.554. The van der Waals surface area contributed by atoms with Gasteiger partial charge in [0, 0.05) is 6.20 Å². The first-order chi connectivity index (χ1) is 6.79. The lowest BCUT2D eigenvalue weighted by atomic mass is 10.2. The largest absolute Gasteiger partial charge is 0.394 e. The second-order valence-electron chi connectivity index (χ2n) is 3.53. The van der Waals surface area contributed by atoms with Gasteiger partial charge >= 0.3 is 0 Å². The molecule has 0 aromatic carbocycles. The maximum absolute atomic E-state index is 8.92. The van der Waals surface area contributed by atoms with E-state index >= 15 is 0 Å². The Balaban J connectivity index is 1.89. The first kappa shape index (κ1) is 9.48. The summed E-state index contributed by atoms with van der Waals surface area (Å²) in [5.41, 5.74) is 5.50. The Bertz CT molecular complexity index is 265. The van der Waals surface area contributed by atoms with Gasteiger partial charge in [-0.15, -0.1) is 0 Å². The van der Waals surface area contributed by atoms with Crippen LogP contribution in [-0.4, -0.2) is 41.4 Å². The molecule has 0 aromatic heterocycles. The van der Waals surface area contributed by atoms with E-state index in [0.29, 0.717) is 12.5 Å². The molecule has 5 nitrogen and oxygen atoms in total. The van der Waals surface area contributed by atoms with Crippen molar-refractivity contribution in [3.05, 3.63) is 12.3 Å². The molecule has 0 unspecified atom stereocenters. The highest BCUT2D eigenvalue weighted by atomic mass is 16.5. The number of aliphatic hydroxyl groups excluding tert-OH is 1.